The standard InChI is InChI=1S/C17H23F2NO2/c18-16-5-1-3-13(17(16)19)11-20-8-6-14(7-9-20)22-12-15-4-2-10-21-15/h1,3,5,14-15H,2,4,6-12H2/t15-/m0/s1. The van der Waals surface area contributed by atoms with Gasteiger partial charge in [0.2, 0.25) is 0 Å². The summed E-state index contributed by atoms with van der Waals surface area (Å²) in [6.45, 7) is 3.70. The van der Waals surface area contributed by atoms with Crippen LogP contribution in [0.5, 0.6) is 0 Å². The first-order chi connectivity index (χ1) is 10.7. The van der Waals surface area contributed by atoms with Crippen molar-refractivity contribution in [2.45, 2.75) is 44.4 Å². The lowest BCUT2D eigenvalue weighted by Gasteiger charge is -2.32. The minimum Gasteiger partial charge on any atom is -0.376 e. The Balaban J connectivity index is 1.42. The number of hydrogen-bond acceptors (Lipinski definition) is 3. The third kappa shape index (κ3) is 4.03. The van der Waals surface area contributed by atoms with Crippen LogP contribution in [0.4, 0.5) is 8.78 Å². The molecule has 0 aliphatic carbocycles. The van der Waals surface area contributed by atoms with Crippen molar-refractivity contribution in [1.29, 1.82) is 0 Å². The van der Waals surface area contributed by atoms with Gasteiger partial charge in [-0.15, -0.1) is 0 Å². The zero-order chi connectivity index (χ0) is 15.4. The Morgan fingerprint density at radius 1 is 1.18 bits per heavy atom. The van der Waals surface area contributed by atoms with Gasteiger partial charge in [-0.2, -0.15) is 0 Å². The van der Waals surface area contributed by atoms with E-state index < -0.39 is 11.6 Å². The van der Waals surface area contributed by atoms with E-state index >= 15 is 0 Å². The van der Waals surface area contributed by atoms with Crippen LogP contribution >= 0.6 is 0 Å². The van der Waals surface area contributed by atoms with Crippen LogP contribution in [0.1, 0.15) is 31.2 Å². The monoisotopic (exact) mass is 311 g/mol. The molecule has 0 radical (unpaired) electrons. The Morgan fingerprint density at radius 2 is 2.00 bits per heavy atom. The minimum atomic E-state index is -0.771. The largest absolute Gasteiger partial charge is 0.376 e. The van der Waals surface area contributed by atoms with E-state index in [4.69, 9.17) is 9.47 Å². The molecule has 3 rings (SSSR count). The molecule has 2 saturated heterocycles. The molecule has 0 saturated carbocycles. The van der Waals surface area contributed by atoms with Crippen LogP contribution in [-0.2, 0) is 16.0 Å². The van der Waals surface area contributed by atoms with Gasteiger partial charge in [0.1, 0.15) is 0 Å². The summed E-state index contributed by atoms with van der Waals surface area (Å²) in [7, 11) is 0. The van der Waals surface area contributed by atoms with Crippen molar-refractivity contribution < 1.29 is 18.3 Å². The molecule has 0 N–H and O–H groups in total. The number of halogens is 2. The molecule has 2 heterocycles. The molecule has 3 nitrogen and oxygen atoms in total. The first-order valence-corrected chi connectivity index (χ1v) is 8.11. The Hall–Kier alpha value is -1.04. The second-order valence-electron chi connectivity index (χ2n) is 6.16. The van der Waals surface area contributed by atoms with Crippen LogP contribution < -0.4 is 0 Å². The van der Waals surface area contributed by atoms with E-state index in [-0.39, 0.29) is 12.2 Å². The van der Waals surface area contributed by atoms with Crippen molar-refractivity contribution in [2.24, 2.45) is 0 Å². The topological polar surface area (TPSA) is 21.7 Å². The number of piperidine rings is 1. The van der Waals surface area contributed by atoms with Gasteiger partial charge in [0, 0.05) is 31.8 Å². The molecule has 0 amide bonds. The van der Waals surface area contributed by atoms with Gasteiger partial charge >= 0.3 is 0 Å². The molecule has 5 heteroatoms. The minimum absolute atomic E-state index is 0.262. The van der Waals surface area contributed by atoms with Gasteiger partial charge in [0.25, 0.3) is 0 Å². The summed E-state index contributed by atoms with van der Waals surface area (Å²) >= 11 is 0. The normalized spacial score (nSPS) is 24.0. The molecule has 1 aromatic rings. The van der Waals surface area contributed by atoms with E-state index in [9.17, 15) is 8.78 Å². The van der Waals surface area contributed by atoms with E-state index in [0.717, 1.165) is 51.4 Å². The highest BCUT2D eigenvalue weighted by molar-refractivity contribution is 5.18. The van der Waals surface area contributed by atoms with Crippen molar-refractivity contribution in [3.8, 4) is 0 Å². The predicted molar refractivity (Wildman–Crippen MR) is 79.6 cm³/mol. The van der Waals surface area contributed by atoms with Gasteiger partial charge in [0.15, 0.2) is 11.6 Å². The SMILES string of the molecule is Fc1cccc(CN2CCC(OC[C@@H]3CCCO3)CC2)c1F. The molecule has 1 atom stereocenters. The summed E-state index contributed by atoms with van der Waals surface area (Å²) in [5, 5.41) is 0. The lowest BCUT2D eigenvalue weighted by molar-refractivity contribution is -0.0427. The number of ether oxygens (including phenoxy) is 2. The van der Waals surface area contributed by atoms with Gasteiger partial charge < -0.3 is 9.47 Å². The zero-order valence-corrected chi connectivity index (χ0v) is 12.8. The van der Waals surface area contributed by atoms with E-state index in [0.29, 0.717) is 18.7 Å². The Kier molecular flexibility index (Phi) is 5.39. The van der Waals surface area contributed by atoms with Crippen molar-refractivity contribution in [3.05, 3.63) is 35.4 Å². The summed E-state index contributed by atoms with van der Waals surface area (Å²) in [6.07, 6.45) is 4.62. The molecule has 22 heavy (non-hydrogen) atoms. The highest BCUT2D eigenvalue weighted by Gasteiger charge is 2.23. The lowest BCUT2D eigenvalue weighted by atomic mass is 10.1. The van der Waals surface area contributed by atoms with Gasteiger partial charge in [-0.1, -0.05) is 12.1 Å². The quantitative estimate of drug-likeness (QED) is 0.834. The molecule has 0 unspecified atom stereocenters. The maximum absolute atomic E-state index is 13.7. The van der Waals surface area contributed by atoms with Crippen molar-refractivity contribution in [3.63, 3.8) is 0 Å². The van der Waals surface area contributed by atoms with E-state index in [2.05, 4.69) is 4.90 Å². The summed E-state index contributed by atoms with van der Waals surface area (Å²) in [6, 6.07) is 4.37. The van der Waals surface area contributed by atoms with Gasteiger partial charge in [-0.25, -0.2) is 8.78 Å². The smallest absolute Gasteiger partial charge is 0.163 e. The number of nitrogens with zero attached hydrogens (tertiary/aromatic N) is 1. The molecule has 0 aromatic heterocycles. The summed E-state index contributed by atoms with van der Waals surface area (Å²) < 4.78 is 38.4. The molecular formula is C17H23F2NO2. The molecule has 122 valence electrons. The van der Waals surface area contributed by atoms with Gasteiger partial charge in [-0.3, -0.25) is 4.90 Å². The van der Waals surface area contributed by atoms with Crippen LogP contribution in [0, 0.1) is 11.6 Å². The highest BCUT2D eigenvalue weighted by Crippen LogP contribution is 2.20. The summed E-state index contributed by atoms with van der Waals surface area (Å²) in [5.74, 6) is -1.49. The first kappa shape index (κ1) is 15.8. The Labute approximate surface area is 130 Å². The van der Waals surface area contributed by atoms with Gasteiger partial charge in [0.05, 0.1) is 18.8 Å². The van der Waals surface area contributed by atoms with E-state index in [1.807, 2.05) is 0 Å². The van der Waals surface area contributed by atoms with Gasteiger partial charge in [-0.05, 0) is 31.7 Å². The average Bonchev–Trinajstić information content (AvgIpc) is 3.05. The number of benzene rings is 1. The van der Waals surface area contributed by atoms with Crippen molar-refractivity contribution in [2.75, 3.05) is 26.3 Å². The predicted octanol–water partition coefficient (Wildman–Crippen LogP) is 3.12. The zero-order valence-electron chi connectivity index (χ0n) is 12.8. The van der Waals surface area contributed by atoms with Crippen LogP contribution in [0.25, 0.3) is 0 Å². The number of rotatable bonds is 5. The molecule has 0 bridgehead atoms. The highest BCUT2D eigenvalue weighted by atomic mass is 19.2. The van der Waals surface area contributed by atoms with Crippen molar-refractivity contribution in [1.82, 2.24) is 4.90 Å². The Morgan fingerprint density at radius 3 is 2.73 bits per heavy atom. The molecule has 2 aliphatic rings. The van der Waals surface area contributed by atoms with E-state index in [1.54, 1.807) is 12.1 Å². The van der Waals surface area contributed by atoms with Crippen LogP contribution in [0.3, 0.4) is 0 Å². The molecule has 2 fully saturated rings. The molecule has 1 aromatic carbocycles. The molecule has 2 aliphatic heterocycles. The molecular weight excluding hydrogens is 288 g/mol. The second-order valence-corrected chi connectivity index (χ2v) is 6.16. The Bertz CT molecular complexity index is 484. The van der Waals surface area contributed by atoms with Crippen LogP contribution in [0.2, 0.25) is 0 Å². The second kappa shape index (κ2) is 7.49. The third-order valence-electron chi connectivity index (χ3n) is 4.50. The summed E-state index contributed by atoms with van der Waals surface area (Å²) in [5.41, 5.74) is 0.429. The first-order valence-electron chi connectivity index (χ1n) is 8.11. The average molecular weight is 311 g/mol. The number of hydrogen-bond donors (Lipinski definition) is 0. The van der Waals surface area contributed by atoms with E-state index in [1.165, 1.54) is 0 Å². The van der Waals surface area contributed by atoms with Crippen LogP contribution in [-0.4, -0.2) is 43.4 Å². The number of likely N-dealkylation sites (tertiary alicyclic amines) is 1. The maximum Gasteiger partial charge on any atom is 0.163 e. The van der Waals surface area contributed by atoms with Crippen LogP contribution in [0.15, 0.2) is 18.2 Å². The lowest BCUT2D eigenvalue weighted by Crippen LogP contribution is -2.37. The summed E-state index contributed by atoms with van der Waals surface area (Å²) in [4.78, 5) is 2.16. The van der Waals surface area contributed by atoms with Crippen molar-refractivity contribution >= 4 is 0 Å². The third-order valence-corrected chi connectivity index (χ3v) is 4.50. The fourth-order valence-corrected chi connectivity index (χ4v) is 3.16. The fourth-order valence-electron chi connectivity index (χ4n) is 3.16. The fraction of sp³-hybridized carbons (Fsp3) is 0.647. The molecule has 0 spiro atoms. The maximum atomic E-state index is 13.7.